The van der Waals surface area contributed by atoms with E-state index in [9.17, 15) is 4.39 Å². The van der Waals surface area contributed by atoms with Crippen LogP contribution in [0.25, 0.3) is 0 Å². The highest BCUT2D eigenvalue weighted by atomic mass is 19.1. The van der Waals surface area contributed by atoms with E-state index in [-0.39, 0.29) is 5.82 Å². The summed E-state index contributed by atoms with van der Waals surface area (Å²) in [5, 5.41) is 3.27. The van der Waals surface area contributed by atoms with Crippen LogP contribution in [0, 0.1) is 33.5 Å². The van der Waals surface area contributed by atoms with Crippen LogP contribution in [0.4, 0.5) is 21.5 Å². The van der Waals surface area contributed by atoms with E-state index in [4.69, 9.17) is 5.73 Å². The summed E-state index contributed by atoms with van der Waals surface area (Å²) in [7, 11) is 0. The van der Waals surface area contributed by atoms with Crippen LogP contribution in [0.5, 0.6) is 0 Å². The van der Waals surface area contributed by atoms with Crippen molar-refractivity contribution in [2.75, 3.05) is 11.1 Å². The second-order valence-electron chi connectivity index (χ2n) is 4.99. The van der Waals surface area contributed by atoms with Crippen LogP contribution in [-0.2, 0) is 0 Å². The van der Waals surface area contributed by atoms with E-state index in [0.717, 1.165) is 16.8 Å². The van der Waals surface area contributed by atoms with Gasteiger partial charge in [-0.3, -0.25) is 0 Å². The molecule has 100 valence electrons. The number of nitrogens with one attached hydrogen (secondary N) is 1. The zero-order valence-electron chi connectivity index (χ0n) is 11.8. The minimum Gasteiger partial charge on any atom is -0.397 e. The van der Waals surface area contributed by atoms with Gasteiger partial charge in [-0.25, -0.2) is 4.39 Å². The van der Waals surface area contributed by atoms with Gasteiger partial charge < -0.3 is 11.1 Å². The molecular formula is C16H19FN2. The Bertz CT molecular complexity index is 607. The van der Waals surface area contributed by atoms with Crippen molar-refractivity contribution in [2.24, 2.45) is 0 Å². The van der Waals surface area contributed by atoms with Crippen LogP contribution in [0.15, 0.2) is 24.3 Å². The molecule has 2 aromatic rings. The van der Waals surface area contributed by atoms with E-state index in [0.29, 0.717) is 11.4 Å². The smallest absolute Gasteiger partial charge is 0.125 e. The van der Waals surface area contributed by atoms with Crippen molar-refractivity contribution in [3.8, 4) is 0 Å². The lowest BCUT2D eigenvalue weighted by atomic mass is 9.98. The molecule has 0 aromatic heterocycles. The molecule has 0 heterocycles. The minimum absolute atomic E-state index is 0.295. The summed E-state index contributed by atoms with van der Waals surface area (Å²) in [6, 6.07) is 6.52. The van der Waals surface area contributed by atoms with Crippen molar-refractivity contribution >= 4 is 17.1 Å². The number of benzene rings is 2. The maximum atomic E-state index is 13.3. The molecule has 0 amide bonds. The molecule has 0 spiro atoms. The highest BCUT2D eigenvalue weighted by Crippen LogP contribution is 2.31. The average molecular weight is 258 g/mol. The lowest BCUT2D eigenvalue weighted by Gasteiger charge is -2.18. The highest BCUT2D eigenvalue weighted by molar-refractivity contribution is 5.76. The third kappa shape index (κ3) is 2.55. The molecule has 0 aliphatic carbocycles. The van der Waals surface area contributed by atoms with Crippen molar-refractivity contribution in [2.45, 2.75) is 27.7 Å². The Morgan fingerprint density at radius 3 is 2.11 bits per heavy atom. The molecule has 0 aliphatic heterocycles. The zero-order chi connectivity index (χ0) is 14.2. The molecule has 0 fully saturated rings. The predicted octanol–water partition coefficient (Wildman–Crippen LogP) is 4.39. The fourth-order valence-electron chi connectivity index (χ4n) is 2.18. The lowest BCUT2D eigenvalue weighted by molar-refractivity contribution is 0.628. The number of hydrogen-bond donors (Lipinski definition) is 2. The van der Waals surface area contributed by atoms with Crippen molar-refractivity contribution in [1.29, 1.82) is 0 Å². The van der Waals surface area contributed by atoms with E-state index in [1.54, 1.807) is 6.07 Å². The van der Waals surface area contributed by atoms with Crippen LogP contribution in [-0.4, -0.2) is 0 Å². The number of aryl methyl sites for hydroxylation is 2. The molecule has 3 heteroatoms. The summed E-state index contributed by atoms with van der Waals surface area (Å²) in [6.07, 6.45) is 0. The predicted molar refractivity (Wildman–Crippen MR) is 79.5 cm³/mol. The Labute approximate surface area is 113 Å². The Balaban J connectivity index is 2.52. The molecule has 19 heavy (non-hydrogen) atoms. The third-order valence-corrected chi connectivity index (χ3v) is 3.64. The van der Waals surface area contributed by atoms with Gasteiger partial charge in [0.15, 0.2) is 0 Å². The van der Waals surface area contributed by atoms with Crippen molar-refractivity contribution in [3.05, 3.63) is 52.3 Å². The van der Waals surface area contributed by atoms with Gasteiger partial charge in [0, 0.05) is 5.69 Å². The Hall–Kier alpha value is -2.03. The van der Waals surface area contributed by atoms with Crippen molar-refractivity contribution in [1.82, 2.24) is 0 Å². The van der Waals surface area contributed by atoms with E-state index in [1.807, 2.05) is 0 Å². The van der Waals surface area contributed by atoms with Crippen LogP contribution >= 0.6 is 0 Å². The number of rotatable bonds is 2. The summed E-state index contributed by atoms with van der Waals surface area (Å²) in [5.41, 5.74) is 12.8. The van der Waals surface area contributed by atoms with E-state index < -0.39 is 0 Å². The molecule has 0 radical (unpaired) electrons. The molecule has 0 atom stereocenters. The van der Waals surface area contributed by atoms with Gasteiger partial charge in [0.2, 0.25) is 0 Å². The number of hydrogen-bond acceptors (Lipinski definition) is 2. The number of halogens is 1. The molecule has 2 rings (SSSR count). The normalized spacial score (nSPS) is 10.6. The maximum absolute atomic E-state index is 13.3. The van der Waals surface area contributed by atoms with Gasteiger partial charge in [0.25, 0.3) is 0 Å². The van der Waals surface area contributed by atoms with E-state index in [2.05, 4.69) is 39.1 Å². The van der Waals surface area contributed by atoms with Gasteiger partial charge in [0.1, 0.15) is 5.82 Å². The van der Waals surface area contributed by atoms with Gasteiger partial charge in [-0.2, -0.15) is 0 Å². The van der Waals surface area contributed by atoms with Gasteiger partial charge in [0.05, 0.1) is 11.4 Å². The maximum Gasteiger partial charge on any atom is 0.125 e. The third-order valence-electron chi connectivity index (χ3n) is 3.64. The van der Waals surface area contributed by atoms with Crippen LogP contribution in [0.1, 0.15) is 22.3 Å². The van der Waals surface area contributed by atoms with Crippen LogP contribution in [0.2, 0.25) is 0 Å². The van der Waals surface area contributed by atoms with Gasteiger partial charge in [-0.1, -0.05) is 6.07 Å². The first-order valence-corrected chi connectivity index (χ1v) is 6.29. The van der Waals surface area contributed by atoms with Crippen molar-refractivity contribution in [3.63, 3.8) is 0 Å². The summed E-state index contributed by atoms with van der Waals surface area (Å²) in [6.45, 7) is 8.25. The first-order valence-electron chi connectivity index (χ1n) is 6.29. The molecule has 0 unspecified atom stereocenters. The number of nitrogen functional groups attached to an aromatic ring is 1. The standard InChI is InChI=1S/C16H19FN2/c1-9-7-10(2)12(4)16(11(9)3)19-15-8-13(17)5-6-14(15)18/h5-8,19H,18H2,1-4H3. The summed E-state index contributed by atoms with van der Waals surface area (Å²) >= 11 is 0. The first kappa shape index (κ1) is 13.4. The molecular weight excluding hydrogens is 239 g/mol. The molecule has 2 aromatic carbocycles. The van der Waals surface area contributed by atoms with E-state index in [1.165, 1.54) is 23.3 Å². The fourth-order valence-corrected chi connectivity index (χ4v) is 2.18. The number of nitrogens with two attached hydrogens (primary N) is 1. The Morgan fingerprint density at radius 2 is 1.53 bits per heavy atom. The highest BCUT2D eigenvalue weighted by Gasteiger charge is 2.10. The first-order chi connectivity index (χ1) is 8.90. The zero-order valence-corrected chi connectivity index (χ0v) is 11.8. The monoisotopic (exact) mass is 258 g/mol. The summed E-state index contributed by atoms with van der Waals surface area (Å²) in [4.78, 5) is 0. The largest absolute Gasteiger partial charge is 0.397 e. The molecule has 3 N–H and O–H groups in total. The van der Waals surface area contributed by atoms with Crippen molar-refractivity contribution < 1.29 is 4.39 Å². The molecule has 0 aliphatic rings. The molecule has 0 saturated carbocycles. The minimum atomic E-state index is -0.295. The van der Waals surface area contributed by atoms with Gasteiger partial charge >= 0.3 is 0 Å². The second-order valence-corrected chi connectivity index (χ2v) is 4.99. The van der Waals surface area contributed by atoms with Gasteiger partial charge in [-0.15, -0.1) is 0 Å². The summed E-state index contributed by atoms with van der Waals surface area (Å²) in [5.74, 6) is -0.295. The van der Waals surface area contributed by atoms with Crippen LogP contribution in [0.3, 0.4) is 0 Å². The molecule has 0 saturated heterocycles. The van der Waals surface area contributed by atoms with Gasteiger partial charge in [-0.05, 0) is 68.1 Å². The average Bonchev–Trinajstić information content (AvgIpc) is 2.36. The fraction of sp³-hybridized carbons (Fsp3) is 0.250. The second kappa shape index (κ2) is 4.92. The lowest BCUT2D eigenvalue weighted by Crippen LogP contribution is -2.02. The number of anilines is 3. The molecule has 2 nitrogen and oxygen atoms in total. The Morgan fingerprint density at radius 1 is 0.947 bits per heavy atom. The summed E-state index contributed by atoms with van der Waals surface area (Å²) < 4.78 is 13.3. The van der Waals surface area contributed by atoms with E-state index >= 15 is 0 Å². The molecule has 0 bridgehead atoms. The topological polar surface area (TPSA) is 38.0 Å². The SMILES string of the molecule is Cc1cc(C)c(C)c(Nc2cc(F)ccc2N)c1C. The quantitative estimate of drug-likeness (QED) is 0.784. The Kier molecular flexibility index (Phi) is 3.47. The van der Waals surface area contributed by atoms with Crippen LogP contribution < -0.4 is 11.1 Å².